The first-order valence-electron chi connectivity index (χ1n) is 12.4. The topological polar surface area (TPSA) is 67.0 Å². The van der Waals surface area contributed by atoms with Gasteiger partial charge in [0.25, 0.3) is 5.91 Å². The largest absolute Gasteiger partial charge is 0.493 e. The SMILES string of the molecule is COc1ccc(CN2CCN(C(=O)c3ccc4[nH]c5c(c4c3)CC(C)CC5)CC2)c(OC)c1OC. The number of methoxy groups -OCH3 is 3. The molecule has 0 bridgehead atoms. The molecule has 3 aromatic rings. The summed E-state index contributed by atoms with van der Waals surface area (Å²) < 4.78 is 16.6. The third-order valence-corrected chi connectivity index (χ3v) is 7.52. The average molecular weight is 478 g/mol. The zero-order chi connectivity index (χ0) is 24.5. The molecule has 0 spiro atoms. The summed E-state index contributed by atoms with van der Waals surface area (Å²) in [4.78, 5) is 21.3. The van der Waals surface area contributed by atoms with E-state index in [2.05, 4.69) is 28.9 Å². The molecule has 0 radical (unpaired) electrons. The van der Waals surface area contributed by atoms with E-state index in [-0.39, 0.29) is 5.91 Å². The fraction of sp³-hybridized carbons (Fsp3) is 0.464. The molecule has 2 heterocycles. The van der Waals surface area contributed by atoms with Crippen molar-refractivity contribution < 1.29 is 19.0 Å². The van der Waals surface area contributed by atoms with Gasteiger partial charge in [0.05, 0.1) is 21.3 Å². The maximum atomic E-state index is 13.4. The zero-order valence-electron chi connectivity index (χ0n) is 21.1. The lowest BCUT2D eigenvalue weighted by Gasteiger charge is -2.35. The number of hydrogen-bond donors (Lipinski definition) is 1. The van der Waals surface area contributed by atoms with Crippen molar-refractivity contribution in [3.05, 3.63) is 52.7 Å². The van der Waals surface area contributed by atoms with Gasteiger partial charge in [-0.25, -0.2) is 0 Å². The molecule has 1 fully saturated rings. The number of aromatic amines is 1. The molecule has 7 nitrogen and oxygen atoms in total. The van der Waals surface area contributed by atoms with Crippen LogP contribution in [0.3, 0.4) is 0 Å². The van der Waals surface area contributed by atoms with Crippen molar-refractivity contribution in [2.45, 2.75) is 32.7 Å². The molecular weight excluding hydrogens is 442 g/mol. The second-order valence-corrected chi connectivity index (χ2v) is 9.75. The highest BCUT2D eigenvalue weighted by atomic mass is 16.5. The highest BCUT2D eigenvalue weighted by Crippen LogP contribution is 2.40. The van der Waals surface area contributed by atoms with E-state index in [0.29, 0.717) is 36.3 Å². The van der Waals surface area contributed by atoms with E-state index in [1.54, 1.807) is 21.3 Å². The molecule has 1 unspecified atom stereocenters. The molecule has 7 heteroatoms. The van der Waals surface area contributed by atoms with Crippen molar-refractivity contribution in [2.24, 2.45) is 5.92 Å². The molecule has 35 heavy (non-hydrogen) atoms. The molecule has 1 aliphatic carbocycles. The lowest BCUT2D eigenvalue weighted by atomic mass is 9.87. The Kier molecular flexibility index (Phi) is 6.60. The van der Waals surface area contributed by atoms with Crippen LogP contribution in [0.2, 0.25) is 0 Å². The maximum Gasteiger partial charge on any atom is 0.253 e. The van der Waals surface area contributed by atoms with E-state index < -0.39 is 0 Å². The number of rotatable bonds is 6. The first-order chi connectivity index (χ1) is 17.0. The summed E-state index contributed by atoms with van der Waals surface area (Å²) in [6, 6.07) is 10.1. The maximum absolute atomic E-state index is 13.4. The molecule has 1 N–H and O–H groups in total. The predicted octanol–water partition coefficient (Wildman–Crippen LogP) is 4.28. The van der Waals surface area contributed by atoms with Crippen LogP contribution < -0.4 is 14.2 Å². The van der Waals surface area contributed by atoms with Crippen molar-refractivity contribution in [3.63, 3.8) is 0 Å². The smallest absolute Gasteiger partial charge is 0.253 e. The van der Waals surface area contributed by atoms with E-state index in [1.807, 2.05) is 23.1 Å². The Hall–Kier alpha value is -3.19. The molecule has 5 rings (SSSR count). The number of fused-ring (bicyclic) bond motifs is 3. The highest BCUT2D eigenvalue weighted by Gasteiger charge is 2.26. The number of aryl methyl sites for hydroxylation is 1. The van der Waals surface area contributed by atoms with Gasteiger partial charge in [0.15, 0.2) is 11.5 Å². The number of ether oxygens (including phenoxy) is 3. The number of carbonyl (C=O) groups is 1. The van der Waals surface area contributed by atoms with Gasteiger partial charge in [0, 0.05) is 60.4 Å². The fourth-order valence-corrected chi connectivity index (χ4v) is 5.54. The molecule has 1 amide bonds. The van der Waals surface area contributed by atoms with E-state index in [4.69, 9.17) is 14.2 Å². The van der Waals surface area contributed by atoms with Crippen LogP contribution in [0.5, 0.6) is 17.2 Å². The Morgan fingerprint density at radius 2 is 1.77 bits per heavy atom. The Balaban J connectivity index is 1.27. The van der Waals surface area contributed by atoms with Crippen LogP contribution >= 0.6 is 0 Å². The van der Waals surface area contributed by atoms with Crippen molar-refractivity contribution in [3.8, 4) is 17.2 Å². The average Bonchev–Trinajstić information content (AvgIpc) is 3.25. The van der Waals surface area contributed by atoms with Crippen LogP contribution in [-0.4, -0.2) is 68.2 Å². The van der Waals surface area contributed by atoms with Crippen molar-refractivity contribution in [1.82, 2.24) is 14.8 Å². The second-order valence-electron chi connectivity index (χ2n) is 9.75. The number of carbonyl (C=O) groups excluding carboxylic acids is 1. The monoisotopic (exact) mass is 477 g/mol. The van der Waals surface area contributed by atoms with Gasteiger partial charge in [-0.2, -0.15) is 0 Å². The van der Waals surface area contributed by atoms with Gasteiger partial charge >= 0.3 is 0 Å². The van der Waals surface area contributed by atoms with Crippen LogP contribution in [0, 0.1) is 5.92 Å². The van der Waals surface area contributed by atoms with Crippen molar-refractivity contribution in [1.29, 1.82) is 0 Å². The predicted molar refractivity (Wildman–Crippen MR) is 137 cm³/mol. The molecule has 1 aromatic heterocycles. The quantitative estimate of drug-likeness (QED) is 0.574. The van der Waals surface area contributed by atoms with E-state index in [0.717, 1.165) is 49.1 Å². The van der Waals surface area contributed by atoms with Gasteiger partial charge in [-0.05, 0) is 55.0 Å². The van der Waals surface area contributed by atoms with E-state index >= 15 is 0 Å². The van der Waals surface area contributed by atoms with Crippen LogP contribution in [0.1, 0.15) is 40.5 Å². The lowest BCUT2D eigenvalue weighted by Crippen LogP contribution is -2.48. The summed E-state index contributed by atoms with van der Waals surface area (Å²) in [5, 5.41) is 1.22. The van der Waals surface area contributed by atoms with Crippen LogP contribution in [-0.2, 0) is 19.4 Å². The first kappa shape index (κ1) is 23.5. The number of H-pyrrole nitrogens is 1. The van der Waals surface area contributed by atoms with E-state index in [9.17, 15) is 4.79 Å². The minimum atomic E-state index is 0.119. The van der Waals surface area contributed by atoms with Gasteiger partial charge in [-0.1, -0.05) is 13.0 Å². The van der Waals surface area contributed by atoms with Gasteiger partial charge in [0.2, 0.25) is 5.75 Å². The molecular formula is C28H35N3O4. The molecule has 1 aliphatic heterocycles. The number of nitrogens with zero attached hydrogens (tertiary/aromatic N) is 2. The summed E-state index contributed by atoms with van der Waals surface area (Å²) in [6.45, 7) is 6.06. The lowest BCUT2D eigenvalue weighted by molar-refractivity contribution is 0.0627. The number of piperazine rings is 1. The highest BCUT2D eigenvalue weighted by molar-refractivity contribution is 5.99. The Morgan fingerprint density at radius 3 is 2.49 bits per heavy atom. The van der Waals surface area contributed by atoms with Gasteiger partial charge in [0.1, 0.15) is 0 Å². The van der Waals surface area contributed by atoms with Crippen molar-refractivity contribution >= 4 is 16.8 Å². The van der Waals surface area contributed by atoms with Crippen LogP contribution in [0.25, 0.3) is 10.9 Å². The number of aromatic nitrogens is 1. The minimum absolute atomic E-state index is 0.119. The fourth-order valence-electron chi connectivity index (χ4n) is 5.54. The summed E-state index contributed by atoms with van der Waals surface area (Å²) in [5.41, 5.74) is 5.73. The Bertz CT molecular complexity index is 1230. The molecule has 2 aliphatic rings. The summed E-state index contributed by atoms with van der Waals surface area (Å²) in [7, 11) is 4.89. The minimum Gasteiger partial charge on any atom is -0.493 e. The number of amides is 1. The summed E-state index contributed by atoms with van der Waals surface area (Å²) >= 11 is 0. The van der Waals surface area contributed by atoms with Crippen molar-refractivity contribution in [2.75, 3.05) is 47.5 Å². The third-order valence-electron chi connectivity index (χ3n) is 7.52. The van der Waals surface area contributed by atoms with Crippen LogP contribution in [0.4, 0.5) is 0 Å². The Morgan fingerprint density at radius 1 is 1.00 bits per heavy atom. The van der Waals surface area contributed by atoms with Gasteiger partial charge in [-0.3, -0.25) is 9.69 Å². The summed E-state index contributed by atoms with van der Waals surface area (Å²) in [5.74, 6) is 2.77. The Labute approximate surface area is 206 Å². The molecule has 0 saturated carbocycles. The zero-order valence-corrected chi connectivity index (χ0v) is 21.1. The molecule has 2 aromatic carbocycles. The van der Waals surface area contributed by atoms with Gasteiger partial charge in [-0.15, -0.1) is 0 Å². The molecule has 1 atom stereocenters. The summed E-state index contributed by atoms with van der Waals surface area (Å²) in [6.07, 6.45) is 3.41. The standard InChI is InChI=1S/C28H35N3O4/c1-18-5-8-23-21(15-18)22-16-19(6-9-24(22)29-23)28(32)31-13-11-30(12-14-31)17-20-7-10-25(33-2)27(35-4)26(20)34-3/h6-7,9-10,16,18,29H,5,8,11-15,17H2,1-4H3. The van der Waals surface area contributed by atoms with Crippen LogP contribution in [0.15, 0.2) is 30.3 Å². The molecule has 186 valence electrons. The number of nitrogens with one attached hydrogen (secondary N) is 1. The number of benzene rings is 2. The third kappa shape index (κ3) is 4.45. The van der Waals surface area contributed by atoms with Gasteiger partial charge < -0.3 is 24.1 Å². The molecule has 1 saturated heterocycles. The first-order valence-corrected chi connectivity index (χ1v) is 12.4. The van der Waals surface area contributed by atoms with E-state index in [1.165, 1.54) is 23.1 Å². The normalized spacial score (nSPS) is 18.4. The number of hydrogen-bond acceptors (Lipinski definition) is 5. The second kappa shape index (κ2) is 9.82.